The van der Waals surface area contributed by atoms with Crippen LogP contribution in [0.15, 0.2) is 29.4 Å². The minimum Gasteiger partial charge on any atom is -0.345 e. The van der Waals surface area contributed by atoms with Gasteiger partial charge in [0.1, 0.15) is 0 Å². The van der Waals surface area contributed by atoms with Gasteiger partial charge in [-0.25, -0.2) is 18.1 Å². The second-order valence-corrected chi connectivity index (χ2v) is 8.19. The van der Waals surface area contributed by atoms with E-state index in [1.54, 1.807) is 23.1 Å². The van der Waals surface area contributed by atoms with Crippen molar-refractivity contribution in [3.8, 4) is 0 Å². The maximum Gasteiger partial charge on any atom is 0.240 e. The normalized spacial score (nSPS) is 19.1. The summed E-state index contributed by atoms with van der Waals surface area (Å²) in [4.78, 5) is 21.1. The van der Waals surface area contributed by atoms with E-state index in [0.29, 0.717) is 18.6 Å². The Labute approximate surface area is 141 Å². The van der Waals surface area contributed by atoms with Gasteiger partial charge < -0.3 is 9.88 Å². The number of imidazole rings is 1. The van der Waals surface area contributed by atoms with Crippen LogP contribution in [0.25, 0.3) is 11.0 Å². The SMILES string of the molecule is CC(C)C(=O)N1CCCC(NS(=O)(=O)c2ccc3nc[nH]c3c2)C1. The lowest BCUT2D eigenvalue weighted by Gasteiger charge is -2.34. The molecule has 2 N–H and O–H groups in total. The summed E-state index contributed by atoms with van der Waals surface area (Å²) in [6.45, 7) is 4.82. The summed E-state index contributed by atoms with van der Waals surface area (Å²) in [7, 11) is -3.63. The van der Waals surface area contributed by atoms with Crippen LogP contribution in [0.3, 0.4) is 0 Å². The molecule has 1 aromatic heterocycles. The molecule has 130 valence electrons. The Balaban J connectivity index is 1.75. The number of carbonyl (C=O) groups is 1. The third-order valence-corrected chi connectivity index (χ3v) is 5.77. The molecule has 7 nitrogen and oxygen atoms in total. The number of nitrogens with one attached hydrogen (secondary N) is 2. The Morgan fingerprint density at radius 1 is 1.42 bits per heavy atom. The van der Waals surface area contributed by atoms with E-state index in [1.165, 1.54) is 6.33 Å². The molecule has 0 saturated carbocycles. The Hall–Kier alpha value is -1.93. The summed E-state index contributed by atoms with van der Waals surface area (Å²) in [5.74, 6) is -0.0130. The number of aromatic nitrogens is 2. The minimum absolute atomic E-state index is 0.0674. The number of benzene rings is 1. The molecule has 1 fully saturated rings. The number of nitrogens with zero attached hydrogens (tertiary/aromatic N) is 2. The molecule has 1 aliphatic rings. The molecule has 1 aromatic carbocycles. The Morgan fingerprint density at radius 3 is 2.96 bits per heavy atom. The number of aromatic amines is 1. The third-order valence-electron chi connectivity index (χ3n) is 4.25. The van der Waals surface area contributed by atoms with Gasteiger partial charge in [-0.2, -0.15) is 0 Å². The minimum atomic E-state index is -3.63. The van der Waals surface area contributed by atoms with Gasteiger partial charge >= 0.3 is 0 Å². The molecule has 0 spiro atoms. The average molecular weight is 350 g/mol. The second-order valence-electron chi connectivity index (χ2n) is 6.48. The van der Waals surface area contributed by atoms with Crippen LogP contribution in [0.1, 0.15) is 26.7 Å². The first-order chi connectivity index (χ1) is 11.4. The number of rotatable bonds is 4. The van der Waals surface area contributed by atoms with Crippen LogP contribution in [0.2, 0.25) is 0 Å². The number of piperidine rings is 1. The van der Waals surface area contributed by atoms with Crippen LogP contribution in [0.5, 0.6) is 0 Å². The molecule has 1 aliphatic heterocycles. The first-order valence-corrected chi connectivity index (χ1v) is 9.59. The highest BCUT2D eigenvalue weighted by molar-refractivity contribution is 7.89. The smallest absolute Gasteiger partial charge is 0.240 e. The molecule has 1 unspecified atom stereocenters. The number of hydrogen-bond donors (Lipinski definition) is 2. The zero-order valence-corrected chi connectivity index (χ0v) is 14.6. The predicted molar refractivity (Wildman–Crippen MR) is 90.9 cm³/mol. The summed E-state index contributed by atoms with van der Waals surface area (Å²) in [5, 5.41) is 0. The number of hydrogen-bond acceptors (Lipinski definition) is 4. The van der Waals surface area contributed by atoms with E-state index in [1.807, 2.05) is 13.8 Å². The predicted octanol–water partition coefficient (Wildman–Crippen LogP) is 1.49. The van der Waals surface area contributed by atoms with Crippen molar-refractivity contribution in [1.82, 2.24) is 19.6 Å². The van der Waals surface area contributed by atoms with Crippen molar-refractivity contribution in [3.63, 3.8) is 0 Å². The maximum absolute atomic E-state index is 12.6. The van der Waals surface area contributed by atoms with Crippen LogP contribution in [0, 0.1) is 5.92 Å². The second kappa shape index (κ2) is 6.52. The van der Waals surface area contributed by atoms with Gasteiger partial charge in [-0.1, -0.05) is 13.8 Å². The van der Waals surface area contributed by atoms with Crippen molar-refractivity contribution in [2.75, 3.05) is 13.1 Å². The molecule has 24 heavy (non-hydrogen) atoms. The van der Waals surface area contributed by atoms with Gasteiger partial charge in [0.25, 0.3) is 0 Å². The van der Waals surface area contributed by atoms with Gasteiger partial charge in [0, 0.05) is 25.0 Å². The molecule has 2 heterocycles. The highest BCUT2D eigenvalue weighted by Crippen LogP contribution is 2.19. The Bertz CT molecular complexity index is 844. The van der Waals surface area contributed by atoms with E-state index in [-0.39, 0.29) is 22.8 Å². The van der Waals surface area contributed by atoms with E-state index in [9.17, 15) is 13.2 Å². The average Bonchev–Trinajstić information content (AvgIpc) is 3.01. The lowest BCUT2D eigenvalue weighted by molar-refractivity contribution is -0.135. The summed E-state index contributed by atoms with van der Waals surface area (Å²) in [6, 6.07) is 4.54. The molecular formula is C16H22N4O3S. The Kier molecular flexibility index (Phi) is 4.60. The number of H-pyrrole nitrogens is 1. The van der Waals surface area contributed by atoms with E-state index in [4.69, 9.17) is 0 Å². The van der Waals surface area contributed by atoms with Crippen molar-refractivity contribution in [1.29, 1.82) is 0 Å². The molecule has 1 saturated heterocycles. The van der Waals surface area contributed by atoms with Crippen molar-refractivity contribution in [2.45, 2.75) is 37.6 Å². The van der Waals surface area contributed by atoms with Crippen LogP contribution in [0.4, 0.5) is 0 Å². The fraction of sp³-hybridized carbons (Fsp3) is 0.500. The molecular weight excluding hydrogens is 328 g/mol. The highest BCUT2D eigenvalue weighted by Gasteiger charge is 2.28. The fourth-order valence-electron chi connectivity index (χ4n) is 3.01. The quantitative estimate of drug-likeness (QED) is 0.873. The molecule has 8 heteroatoms. The lowest BCUT2D eigenvalue weighted by atomic mass is 10.0. The third kappa shape index (κ3) is 3.44. The standard InChI is InChI=1S/C16H22N4O3S/c1-11(2)16(21)20-7-3-4-12(9-20)19-24(22,23)13-5-6-14-15(8-13)18-10-17-14/h5-6,8,10-12,19H,3-4,7,9H2,1-2H3,(H,17,18). The van der Waals surface area contributed by atoms with Crippen molar-refractivity contribution >= 4 is 27.0 Å². The van der Waals surface area contributed by atoms with Gasteiger partial charge in [0.05, 0.1) is 22.3 Å². The van der Waals surface area contributed by atoms with Crippen molar-refractivity contribution in [3.05, 3.63) is 24.5 Å². The van der Waals surface area contributed by atoms with E-state index >= 15 is 0 Å². The van der Waals surface area contributed by atoms with E-state index in [2.05, 4.69) is 14.7 Å². The zero-order chi connectivity index (χ0) is 17.3. The highest BCUT2D eigenvalue weighted by atomic mass is 32.2. The molecule has 1 amide bonds. The van der Waals surface area contributed by atoms with Gasteiger partial charge in [0.2, 0.25) is 15.9 Å². The summed E-state index contributed by atoms with van der Waals surface area (Å²) in [6.07, 6.45) is 3.06. The largest absolute Gasteiger partial charge is 0.345 e. The monoisotopic (exact) mass is 350 g/mol. The van der Waals surface area contributed by atoms with Gasteiger partial charge in [0.15, 0.2) is 0 Å². The lowest BCUT2D eigenvalue weighted by Crippen LogP contribution is -2.50. The van der Waals surface area contributed by atoms with E-state index < -0.39 is 10.0 Å². The number of amides is 1. The van der Waals surface area contributed by atoms with Crippen LogP contribution >= 0.6 is 0 Å². The van der Waals surface area contributed by atoms with Gasteiger partial charge in [-0.15, -0.1) is 0 Å². The summed E-state index contributed by atoms with van der Waals surface area (Å²) < 4.78 is 28.0. The molecule has 0 bridgehead atoms. The fourth-order valence-corrected chi connectivity index (χ4v) is 4.30. The maximum atomic E-state index is 12.6. The topological polar surface area (TPSA) is 95.2 Å². The first kappa shape index (κ1) is 16.9. The van der Waals surface area contributed by atoms with Crippen LogP contribution in [-0.2, 0) is 14.8 Å². The summed E-state index contributed by atoms with van der Waals surface area (Å²) >= 11 is 0. The van der Waals surface area contributed by atoms with Crippen molar-refractivity contribution < 1.29 is 13.2 Å². The number of fused-ring (bicyclic) bond motifs is 1. The van der Waals surface area contributed by atoms with Crippen molar-refractivity contribution in [2.24, 2.45) is 5.92 Å². The molecule has 2 aromatic rings. The van der Waals surface area contributed by atoms with E-state index in [0.717, 1.165) is 18.4 Å². The molecule has 0 aliphatic carbocycles. The Morgan fingerprint density at radius 2 is 2.21 bits per heavy atom. The van der Waals surface area contributed by atoms with Crippen LogP contribution in [-0.4, -0.2) is 48.3 Å². The van der Waals surface area contributed by atoms with Gasteiger partial charge in [-0.3, -0.25) is 4.79 Å². The molecule has 1 atom stereocenters. The number of carbonyl (C=O) groups excluding carboxylic acids is 1. The first-order valence-electron chi connectivity index (χ1n) is 8.11. The zero-order valence-electron chi connectivity index (χ0n) is 13.8. The number of likely N-dealkylation sites (tertiary alicyclic amines) is 1. The number of sulfonamides is 1. The van der Waals surface area contributed by atoms with Crippen LogP contribution < -0.4 is 4.72 Å². The molecule has 3 rings (SSSR count). The summed E-state index contributed by atoms with van der Waals surface area (Å²) in [5.41, 5.74) is 1.40. The van der Waals surface area contributed by atoms with Gasteiger partial charge in [-0.05, 0) is 31.0 Å². The molecule has 0 radical (unpaired) electrons.